The third kappa shape index (κ3) is 2.96. The van der Waals surface area contributed by atoms with Gasteiger partial charge in [0.15, 0.2) is 0 Å². The smallest absolute Gasteiger partial charge is 0.00776 e. The zero-order chi connectivity index (χ0) is 14.0. The van der Waals surface area contributed by atoms with Crippen molar-refractivity contribution in [2.45, 2.75) is 72.1 Å². The highest BCUT2D eigenvalue weighted by Gasteiger charge is 2.31. The van der Waals surface area contributed by atoms with Gasteiger partial charge >= 0.3 is 0 Å². The van der Waals surface area contributed by atoms with Crippen LogP contribution in [-0.4, -0.2) is 0 Å². The average Bonchev–Trinajstić information content (AvgIpc) is 2.28. The van der Waals surface area contributed by atoms with Gasteiger partial charge in [0.2, 0.25) is 0 Å². The van der Waals surface area contributed by atoms with Crippen LogP contribution in [0.15, 0.2) is 24.3 Å². The fraction of sp³-hybridized carbons (Fsp3) is 0.667. The molecule has 1 aromatic carbocycles. The highest BCUT2D eigenvalue weighted by Crippen LogP contribution is 2.39. The van der Waals surface area contributed by atoms with Gasteiger partial charge in [0.05, 0.1) is 0 Å². The number of rotatable bonds is 5. The summed E-state index contributed by atoms with van der Waals surface area (Å²) in [6.45, 7) is 16.4. The lowest BCUT2D eigenvalue weighted by Gasteiger charge is -2.37. The third-order valence-corrected chi connectivity index (χ3v) is 4.67. The molecule has 0 saturated heterocycles. The van der Waals surface area contributed by atoms with E-state index in [-0.39, 0.29) is 10.8 Å². The second kappa shape index (κ2) is 5.47. The van der Waals surface area contributed by atoms with Gasteiger partial charge < -0.3 is 0 Å². The van der Waals surface area contributed by atoms with Crippen LogP contribution in [0.4, 0.5) is 0 Å². The van der Waals surface area contributed by atoms with Crippen molar-refractivity contribution in [2.75, 3.05) is 0 Å². The maximum absolute atomic E-state index is 2.38. The molecule has 0 N–H and O–H groups in total. The molecule has 102 valence electrons. The predicted molar refractivity (Wildman–Crippen MR) is 82.2 cm³/mol. The van der Waals surface area contributed by atoms with E-state index in [1.165, 1.54) is 24.0 Å². The normalized spacial score (nSPS) is 13.1. The van der Waals surface area contributed by atoms with Crippen LogP contribution >= 0.6 is 0 Å². The lowest BCUT2D eigenvalue weighted by molar-refractivity contribution is 0.358. The summed E-state index contributed by atoms with van der Waals surface area (Å²) < 4.78 is 0. The van der Waals surface area contributed by atoms with E-state index in [2.05, 4.69) is 72.7 Å². The molecule has 0 aliphatic rings. The van der Waals surface area contributed by atoms with Gasteiger partial charge in [0.1, 0.15) is 0 Å². The second-order valence-electron chi connectivity index (χ2n) is 7.06. The van der Waals surface area contributed by atoms with Gasteiger partial charge in [-0.05, 0) is 34.3 Å². The van der Waals surface area contributed by atoms with Gasteiger partial charge in [-0.15, -0.1) is 0 Å². The Morgan fingerprint density at radius 2 is 1.44 bits per heavy atom. The van der Waals surface area contributed by atoms with Crippen LogP contribution in [0, 0.1) is 5.92 Å². The molecule has 1 aromatic rings. The first-order chi connectivity index (χ1) is 8.23. The topological polar surface area (TPSA) is 0 Å². The highest BCUT2D eigenvalue weighted by atomic mass is 14.4. The molecule has 0 atom stereocenters. The van der Waals surface area contributed by atoms with Crippen LogP contribution < -0.4 is 0 Å². The van der Waals surface area contributed by atoms with E-state index in [1.54, 1.807) is 0 Å². The zero-order valence-corrected chi connectivity index (χ0v) is 13.3. The van der Waals surface area contributed by atoms with Gasteiger partial charge in [0, 0.05) is 0 Å². The van der Waals surface area contributed by atoms with E-state index < -0.39 is 0 Å². The lowest BCUT2D eigenvalue weighted by atomic mass is 9.68. The molecule has 0 unspecified atom stereocenters. The summed E-state index contributed by atoms with van der Waals surface area (Å²) in [5.74, 6) is 0.649. The first-order valence-electron chi connectivity index (χ1n) is 7.33. The summed E-state index contributed by atoms with van der Waals surface area (Å²) in [6, 6.07) is 9.03. The summed E-state index contributed by atoms with van der Waals surface area (Å²) in [5.41, 5.74) is 3.57. The fourth-order valence-electron chi connectivity index (χ4n) is 2.71. The van der Waals surface area contributed by atoms with Crippen molar-refractivity contribution in [3.8, 4) is 0 Å². The monoisotopic (exact) mass is 246 g/mol. The van der Waals surface area contributed by atoms with Crippen molar-refractivity contribution in [1.82, 2.24) is 0 Å². The van der Waals surface area contributed by atoms with Crippen molar-refractivity contribution in [2.24, 2.45) is 5.92 Å². The van der Waals surface area contributed by atoms with E-state index >= 15 is 0 Å². The van der Waals surface area contributed by atoms with Gasteiger partial charge in [-0.3, -0.25) is 0 Å². The Bertz CT molecular complexity index is 383. The van der Waals surface area contributed by atoms with E-state index in [0.29, 0.717) is 5.92 Å². The summed E-state index contributed by atoms with van der Waals surface area (Å²) in [5, 5.41) is 0. The van der Waals surface area contributed by atoms with E-state index in [0.717, 1.165) is 0 Å². The molecule has 1 rings (SSSR count). The van der Waals surface area contributed by atoms with Gasteiger partial charge in [-0.2, -0.15) is 0 Å². The van der Waals surface area contributed by atoms with Gasteiger partial charge in [-0.25, -0.2) is 0 Å². The Morgan fingerprint density at radius 1 is 0.944 bits per heavy atom. The molecule has 0 heterocycles. The van der Waals surface area contributed by atoms with Crippen LogP contribution in [0.3, 0.4) is 0 Å². The third-order valence-electron chi connectivity index (χ3n) is 4.67. The second-order valence-corrected chi connectivity index (χ2v) is 7.06. The van der Waals surface area contributed by atoms with Crippen molar-refractivity contribution in [1.29, 1.82) is 0 Å². The quantitative estimate of drug-likeness (QED) is 0.625. The Morgan fingerprint density at radius 3 is 1.89 bits per heavy atom. The Labute approximate surface area is 114 Å². The number of benzene rings is 1. The molecule has 0 fully saturated rings. The van der Waals surface area contributed by atoms with Crippen LogP contribution in [0.25, 0.3) is 0 Å². The predicted octanol–water partition coefficient (Wildman–Crippen LogP) is 5.70. The molecule has 0 radical (unpaired) electrons. The average molecular weight is 246 g/mol. The Balaban J connectivity index is 3.31. The zero-order valence-electron chi connectivity index (χ0n) is 13.3. The standard InChI is InChI=1S/C18H30/c1-8-13-17(4,5)15-11-9-10-12-16(15)18(6,7)14(2)3/h9-12,14H,8,13H2,1-7H3. The van der Waals surface area contributed by atoms with Crippen molar-refractivity contribution in [3.63, 3.8) is 0 Å². The van der Waals surface area contributed by atoms with Gasteiger partial charge in [-0.1, -0.05) is 79.2 Å². The van der Waals surface area contributed by atoms with Gasteiger partial charge in [0.25, 0.3) is 0 Å². The molecule has 18 heavy (non-hydrogen) atoms. The van der Waals surface area contributed by atoms with E-state index in [4.69, 9.17) is 0 Å². The van der Waals surface area contributed by atoms with Crippen LogP contribution in [0.5, 0.6) is 0 Å². The molecule has 0 aromatic heterocycles. The van der Waals surface area contributed by atoms with Crippen LogP contribution in [0.1, 0.15) is 72.4 Å². The maximum atomic E-state index is 2.38. The number of hydrogen-bond donors (Lipinski definition) is 0. The van der Waals surface area contributed by atoms with E-state index in [1.807, 2.05) is 0 Å². The summed E-state index contributed by atoms with van der Waals surface area (Å²) in [7, 11) is 0. The van der Waals surface area contributed by atoms with Crippen LogP contribution in [0.2, 0.25) is 0 Å². The molecule has 0 heteroatoms. The highest BCUT2D eigenvalue weighted by molar-refractivity contribution is 5.38. The fourth-order valence-corrected chi connectivity index (χ4v) is 2.71. The summed E-state index contributed by atoms with van der Waals surface area (Å²) >= 11 is 0. The molecule has 0 aliphatic carbocycles. The minimum absolute atomic E-state index is 0.238. The lowest BCUT2D eigenvalue weighted by Crippen LogP contribution is -2.30. The minimum atomic E-state index is 0.238. The Kier molecular flexibility index (Phi) is 4.64. The maximum Gasteiger partial charge on any atom is -0.00776 e. The molecular weight excluding hydrogens is 216 g/mol. The van der Waals surface area contributed by atoms with Crippen molar-refractivity contribution in [3.05, 3.63) is 35.4 Å². The van der Waals surface area contributed by atoms with Crippen molar-refractivity contribution < 1.29 is 0 Å². The Hall–Kier alpha value is -0.780. The summed E-state index contributed by atoms with van der Waals surface area (Å²) in [4.78, 5) is 0. The number of hydrogen-bond acceptors (Lipinski definition) is 0. The molecule has 0 aliphatic heterocycles. The van der Waals surface area contributed by atoms with E-state index in [9.17, 15) is 0 Å². The molecule has 0 spiro atoms. The minimum Gasteiger partial charge on any atom is -0.0654 e. The largest absolute Gasteiger partial charge is 0.0654 e. The summed E-state index contributed by atoms with van der Waals surface area (Å²) in [6.07, 6.45) is 2.49. The van der Waals surface area contributed by atoms with Crippen LogP contribution in [-0.2, 0) is 10.8 Å². The molecular formula is C18H30. The molecule has 0 amide bonds. The molecule has 0 nitrogen and oxygen atoms in total. The first-order valence-corrected chi connectivity index (χ1v) is 7.33. The molecule has 0 bridgehead atoms. The first kappa shape index (κ1) is 15.3. The van der Waals surface area contributed by atoms with Crippen molar-refractivity contribution >= 4 is 0 Å². The molecule has 0 saturated carbocycles. The SMILES string of the molecule is CCCC(C)(C)c1ccccc1C(C)(C)C(C)C.